The van der Waals surface area contributed by atoms with Gasteiger partial charge in [-0.25, -0.2) is 0 Å². The summed E-state index contributed by atoms with van der Waals surface area (Å²) in [5, 5.41) is 2.28. The van der Waals surface area contributed by atoms with Crippen LogP contribution < -0.4 is 4.40 Å². The molecular weight excluding hydrogens is 777 g/mol. The Morgan fingerprint density at radius 3 is 2.23 bits per heavy atom. The van der Waals surface area contributed by atoms with Gasteiger partial charge in [0.2, 0.25) is 0 Å². The molecule has 229 valence electrons. The summed E-state index contributed by atoms with van der Waals surface area (Å²) in [6, 6.07) is 33.3. The zero-order chi connectivity index (χ0) is 30.6. The van der Waals surface area contributed by atoms with Gasteiger partial charge in [-0.05, 0) is 35.4 Å². The number of rotatable bonds is 7. The van der Waals surface area contributed by atoms with Crippen LogP contribution in [0.1, 0.15) is 51.2 Å². The van der Waals surface area contributed by atoms with Crippen molar-refractivity contribution >= 4 is 39.6 Å². The summed E-state index contributed by atoms with van der Waals surface area (Å²) in [5.74, 6) is 8.57. The van der Waals surface area contributed by atoms with Crippen molar-refractivity contribution in [1.82, 2.24) is 9.97 Å². The third-order valence-electron chi connectivity index (χ3n) is 8.08. The van der Waals surface area contributed by atoms with Crippen LogP contribution >= 0.6 is 0 Å². The fourth-order valence-corrected chi connectivity index (χ4v) is 8.66. The van der Waals surface area contributed by atoms with Crippen LogP contribution in [0.3, 0.4) is 0 Å². The molecule has 1 unspecified atom stereocenters. The van der Waals surface area contributed by atoms with Crippen LogP contribution in [0, 0.1) is 18.1 Å². The molecule has 0 fully saturated rings. The minimum absolute atomic E-state index is 0. The number of fused-ring (bicyclic) bond motifs is 3. The summed E-state index contributed by atoms with van der Waals surface area (Å²) < 4.78 is 7.48. The van der Waals surface area contributed by atoms with Gasteiger partial charge >= 0.3 is 132 Å². The average Bonchev–Trinajstić information content (AvgIpc) is 3.39. The van der Waals surface area contributed by atoms with Gasteiger partial charge in [0.1, 0.15) is 5.58 Å². The Bertz CT molecular complexity index is 1810. The van der Waals surface area contributed by atoms with E-state index in [4.69, 9.17) is 9.40 Å². The van der Waals surface area contributed by atoms with Gasteiger partial charge in [0.05, 0.1) is 5.58 Å². The van der Waals surface area contributed by atoms with Crippen molar-refractivity contribution in [2.75, 3.05) is 0 Å². The zero-order valence-electron chi connectivity index (χ0n) is 26.9. The van der Waals surface area contributed by atoms with Crippen molar-refractivity contribution in [2.24, 2.45) is 5.92 Å². The van der Waals surface area contributed by atoms with E-state index in [0.717, 1.165) is 56.8 Å². The zero-order valence-corrected chi connectivity index (χ0v) is 31.4. The Hall–Kier alpha value is -3.05. The second-order valence-electron chi connectivity index (χ2n) is 12.8. The van der Waals surface area contributed by atoms with E-state index in [1.807, 2.05) is 36.4 Å². The van der Waals surface area contributed by atoms with E-state index in [0.29, 0.717) is 5.92 Å². The molecule has 6 rings (SSSR count). The third kappa shape index (κ3) is 7.96. The number of benzene rings is 3. The first kappa shape index (κ1) is 33.8. The van der Waals surface area contributed by atoms with Gasteiger partial charge in [-0.2, -0.15) is 0 Å². The molecule has 44 heavy (non-hydrogen) atoms. The first-order chi connectivity index (χ1) is 20.6. The maximum atomic E-state index is 5.93. The normalized spacial score (nSPS) is 12.1. The molecule has 0 amide bonds. The molecule has 0 N–H and O–H groups in total. The van der Waals surface area contributed by atoms with Crippen LogP contribution in [0.5, 0.6) is 0 Å². The molecule has 6 aromatic rings. The van der Waals surface area contributed by atoms with Crippen molar-refractivity contribution in [3.63, 3.8) is 0 Å². The smallest absolute Gasteiger partial charge is 0 e. The summed E-state index contributed by atoms with van der Waals surface area (Å²) in [7, 11) is 0. The number of furan rings is 1. The number of hydrogen-bond acceptors (Lipinski definition) is 3. The van der Waals surface area contributed by atoms with Crippen molar-refractivity contribution < 1.29 is 24.5 Å². The van der Waals surface area contributed by atoms with Gasteiger partial charge in [0, 0.05) is 31.7 Å². The van der Waals surface area contributed by atoms with Crippen molar-refractivity contribution in [1.29, 1.82) is 0 Å². The van der Waals surface area contributed by atoms with Gasteiger partial charge in [-0.3, -0.25) is 0 Å². The summed E-state index contributed by atoms with van der Waals surface area (Å²) in [6.07, 6.45) is 6.34. The molecule has 3 aromatic heterocycles. The molecule has 3 nitrogen and oxygen atoms in total. The van der Waals surface area contributed by atoms with Gasteiger partial charge in [-0.15, -0.1) is 23.8 Å². The minimum Gasteiger partial charge on any atom is 0 e. The third-order valence-corrected chi connectivity index (χ3v) is 12.4. The molecule has 0 saturated carbocycles. The SMILES string of the molecule is CC(C)c1ccc2oc3c[c-]c(-c4ccccn4)cc3c2c1.CCC(C)Cc1cc(-c2[c-]cccc2)nc[c]1[Ge]([CH3])([CH3])[CH3].[Ir]. The predicted octanol–water partition coefficient (Wildman–Crippen LogP) is 10.3. The average molecular weight is 820 g/mol. The largest absolute Gasteiger partial charge is 0 e. The van der Waals surface area contributed by atoms with Gasteiger partial charge in [-0.1, -0.05) is 37.4 Å². The maximum Gasteiger partial charge on any atom is 0 e. The summed E-state index contributed by atoms with van der Waals surface area (Å²) in [5.41, 5.74) is 8.70. The first-order valence-corrected chi connectivity index (χ1v) is 22.7. The molecule has 0 saturated heterocycles. The number of pyridine rings is 2. The van der Waals surface area contributed by atoms with E-state index >= 15 is 0 Å². The summed E-state index contributed by atoms with van der Waals surface area (Å²) in [4.78, 5) is 9.13. The van der Waals surface area contributed by atoms with Crippen LogP contribution in [0.4, 0.5) is 0 Å². The van der Waals surface area contributed by atoms with E-state index in [1.54, 1.807) is 10.6 Å². The molecule has 0 aliphatic carbocycles. The molecular formula is C39H42GeIrN2O-2. The fraction of sp³-hybridized carbons (Fsp3) is 0.282. The molecule has 0 bridgehead atoms. The molecule has 3 heterocycles. The van der Waals surface area contributed by atoms with E-state index in [2.05, 4.69) is 111 Å². The van der Waals surface area contributed by atoms with E-state index in [9.17, 15) is 0 Å². The van der Waals surface area contributed by atoms with Gasteiger partial charge in [0.25, 0.3) is 0 Å². The Balaban J connectivity index is 0.000000197. The maximum absolute atomic E-state index is 5.93. The molecule has 1 radical (unpaired) electrons. The van der Waals surface area contributed by atoms with Crippen LogP contribution in [-0.4, -0.2) is 23.2 Å². The molecule has 0 aliphatic rings. The van der Waals surface area contributed by atoms with Crippen LogP contribution in [0.25, 0.3) is 44.5 Å². The Morgan fingerprint density at radius 1 is 0.795 bits per heavy atom. The molecule has 0 aliphatic heterocycles. The Kier molecular flexibility index (Phi) is 11.4. The molecule has 3 aromatic carbocycles. The minimum atomic E-state index is -1.87. The van der Waals surface area contributed by atoms with Gasteiger partial charge in [0.15, 0.2) is 0 Å². The predicted molar refractivity (Wildman–Crippen MR) is 185 cm³/mol. The van der Waals surface area contributed by atoms with Crippen LogP contribution in [0.2, 0.25) is 17.3 Å². The van der Waals surface area contributed by atoms with E-state index < -0.39 is 13.3 Å². The van der Waals surface area contributed by atoms with Gasteiger partial charge < -0.3 is 9.40 Å². The topological polar surface area (TPSA) is 38.9 Å². The van der Waals surface area contributed by atoms with Crippen molar-refractivity contribution in [2.45, 2.75) is 63.7 Å². The quantitative estimate of drug-likeness (QED) is 0.119. The van der Waals surface area contributed by atoms with Crippen molar-refractivity contribution in [3.8, 4) is 22.5 Å². The molecule has 1 atom stereocenters. The Morgan fingerprint density at radius 2 is 1.57 bits per heavy atom. The fourth-order valence-electron chi connectivity index (χ4n) is 5.33. The number of hydrogen-bond donors (Lipinski definition) is 0. The molecule has 5 heteroatoms. The first-order valence-electron chi connectivity index (χ1n) is 15.4. The second kappa shape index (κ2) is 14.8. The number of aromatic nitrogens is 2. The Labute approximate surface area is 279 Å². The van der Waals surface area contributed by atoms with Crippen molar-refractivity contribution in [3.05, 3.63) is 115 Å². The molecule has 0 spiro atoms. The van der Waals surface area contributed by atoms with E-state index in [1.165, 1.54) is 17.5 Å². The van der Waals surface area contributed by atoms with Crippen LogP contribution in [-0.2, 0) is 26.5 Å². The standard InChI is InChI=1S/C20H16NO.C19H26GeN.Ir/c1-13(2)14-6-8-19-16(11-14)17-12-15(7-9-20(17)22-19)18-5-3-4-10-21-18;1-6-15(2)12-17-13-19(16-10-8-7-9-11-16)21-14-18(17)20(3,4)5;/h3-6,8-13H,1-2H3;7-10,13-15H,6,12H2,1-5H3;/q2*-1;. The number of nitrogens with zero attached hydrogens (tertiary/aromatic N) is 2. The van der Waals surface area contributed by atoms with Crippen LogP contribution in [0.15, 0.2) is 95.7 Å². The summed E-state index contributed by atoms with van der Waals surface area (Å²) >= 11 is -1.87. The summed E-state index contributed by atoms with van der Waals surface area (Å²) in [6.45, 7) is 9.02. The second-order valence-corrected chi connectivity index (χ2v) is 23.4. The van der Waals surface area contributed by atoms with E-state index in [-0.39, 0.29) is 20.1 Å². The monoisotopic (exact) mass is 821 g/mol.